The van der Waals surface area contributed by atoms with Crippen LogP contribution in [0.25, 0.3) is 0 Å². The number of ether oxygens (including phenoxy) is 5. The van der Waals surface area contributed by atoms with E-state index in [9.17, 15) is 4.79 Å². The Kier molecular flexibility index (Phi) is 8.09. The first-order chi connectivity index (χ1) is 12.0. The van der Waals surface area contributed by atoms with Crippen molar-refractivity contribution in [2.24, 2.45) is 0 Å². The zero-order chi connectivity index (χ0) is 18.4. The molecule has 1 heterocycles. The average Bonchev–Trinajstić information content (AvgIpc) is 2.61. The lowest BCUT2D eigenvalue weighted by Gasteiger charge is -2.48. The lowest BCUT2D eigenvalue weighted by atomic mass is 9.94. The minimum Gasteiger partial charge on any atom is -0.382 e. The van der Waals surface area contributed by atoms with Crippen LogP contribution < -0.4 is 0 Å². The van der Waals surface area contributed by atoms with E-state index < -0.39 is 6.29 Å². The number of hydrogen-bond acceptors (Lipinski definition) is 6. The number of carbonyl (C=O) groups excluding carboxylic acids is 1. The first-order valence-electron chi connectivity index (χ1n) is 9.12. The van der Waals surface area contributed by atoms with Gasteiger partial charge in [-0.1, -0.05) is 19.3 Å². The molecule has 2 rings (SSSR count). The van der Waals surface area contributed by atoms with Crippen molar-refractivity contribution in [3.05, 3.63) is 0 Å². The van der Waals surface area contributed by atoms with E-state index in [2.05, 4.69) is 0 Å². The first kappa shape index (κ1) is 20.6. The Labute approximate surface area is 150 Å². The highest BCUT2D eigenvalue weighted by molar-refractivity contribution is 5.73. The van der Waals surface area contributed by atoms with E-state index in [0.717, 1.165) is 12.8 Å². The van der Waals surface area contributed by atoms with E-state index in [1.807, 2.05) is 0 Å². The van der Waals surface area contributed by atoms with Crippen LogP contribution in [0.1, 0.15) is 39.0 Å². The number of hydrogen-bond donors (Lipinski definition) is 0. The second-order valence-electron chi connectivity index (χ2n) is 6.92. The number of nitrogens with zero attached hydrogens (tertiary/aromatic N) is 1. The molecule has 7 heteroatoms. The maximum absolute atomic E-state index is 12.0. The van der Waals surface area contributed by atoms with E-state index in [-0.39, 0.29) is 36.4 Å². The Bertz CT molecular complexity index is 414. The molecule has 1 saturated carbocycles. The van der Waals surface area contributed by atoms with Crippen LogP contribution in [-0.2, 0) is 28.5 Å². The normalized spacial score (nSPS) is 34.0. The van der Waals surface area contributed by atoms with Gasteiger partial charge in [0.05, 0.1) is 12.7 Å². The molecule has 1 amide bonds. The zero-order valence-corrected chi connectivity index (χ0v) is 16.1. The predicted octanol–water partition coefficient (Wildman–Crippen LogP) is 1.58. The van der Waals surface area contributed by atoms with Crippen LogP contribution in [0.15, 0.2) is 0 Å². The summed E-state index contributed by atoms with van der Waals surface area (Å²) in [6.45, 7) is 1.91. The molecule has 0 spiro atoms. The van der Waals surface area contributed by atoms with Gasteiger partial charge in [0.2, 0.25) is 5.91 Å². The maximum atomic E-state index is 12.0. The van der Waals surface area contributed by atoms with Crippen molar-refractivity contribution in [2.45, 2.75) is 75.8 Å². The molecule has 0 N–H and O–H groups in total. The fourth-order valence-corrected chi connectivity index (χ4v) is 3.87. The van der Waals surface area contributed by atoms with E-state index in [0.29, 0.717) is 6.61 Å². The fourth-order valence-electron chi connectivity index (χ4n) is 3.87. The van der Waals surface area contributed by atoms with Crippen LogP contribution in [0, 0.1) is 0 Å². The summed E-state index contributed by atoms with van der Waals surface area (Å²) in [5.41, 5.74) is 0. The van der Waals surface area contributed by atoms with Gasteiger partial charge in [0.15, 0.2) is 6.29 Å². The predicted molar refractivity (Wildman–Crippen MR) is 92.3 cm³/mol. The molecule has 1 saturated heterocycles. The lowest BCUT2D eigenvalue weighted by molar-refractivity contribution is -0.303. The molecular formula is C18H33NO6. The molecule has 0 bridgehead atoms. The number of methoxy groups -OCH3 is 3. The highest BCUT2D eigenvalue weighted by atomic mass is 16.7. The van der Waals surface area contributed by atoms with Gasteiger partial charge < -0.3 is 28.6 Å². The van der Waals surface area contributed by atoms with Gasteiger partial charge in [0, 0.05) is 35.3 Å². The van der Waals surface area contributed by atoms with Gasteiger partial charge in [0.25, 0.3) is 0 Å². The Morgan fingerprint density at radius 3 is 2.24 bits per heavy atom. The lowest BCUT2D eigenvalue weighted by Crippen LogP contribution is -2.66. The summed E-state index contributed by atoms with van der Waals surface area (Å²) in [4.78, 5) is 13.7. The number of rotatable bonds is 7. The van der Waals surface area contributed by atoms with Crippen molar-refractivity contribution in [1.82, 2.24) is 4.90 Å². The average molecular weight is 359 g/mol. The fraction of sp³-hybridized carbons (Fsp3) is 0.944. The minimum atomic E-state index is -0.562. The van der Waals surface area contributed by atoms with Gasteiger partial charge in [-0.3, -0.25) is 4.79 Å². The molecule has 5 atom stereocenters. The molecule has 1 aliphatic carbocycles. The van der Waals surface area contributed by atoms with Crippen LogP contribution in [-0.4, -0.2) is 82.5 Å². The highest BCUT2D eigenvalue weighted by Crippen LogP contribution is 2.32. The Morgan fingerprint density at radius 2 is 1.72 bits per heavy atom. The summed E-state index contributed by atoms with van der Waals surface area (Å²) in [5.74, 6) is -0.0621. The zero-order valence-electron chi connectivity index (χ0n) is 16.1. The van der Waals surface area contributed by atoms with Gasteiger partial charge in [-0.25, -0.2) is 0 Å². The third-order valence-electron chi connectivity index (χ3n) is 5.31. The Balaban J connectivity index is 2.24. The summed E-state index contributed by atoms with van der Waals surface area (Å²) >= 11 is 0. The van der Waals surface area contributed by atoms with Crippen molar-refractivity contribution in [3.63, 3.8) is 0 Å². The van der Waals surface area contributed by atoms with E-state index >= 15 is 0 Å². The monoisotopic (exact) mass is 359 g/mol. The second kappa shape index (κ2) is 9.83. The van der Waals surface area contributed by atoms with Gasteiger partial charge in [-0.05, 0) is 12.8 Å². The summed E-state index contributed by atoms with van der Waals surface area (Å²) < 4.78 is 29.2. The molecule has 146 valence electrons. The van der Waals surface area contributed by atoms with Crippen LogP contribution in [0.4, 0.5) is 0 Å². The molecule has 2 aliphatic rings. The van der Waals surface area contributed by atoms with E-state index in [4.69, 9.17) is 23.7 Å². The third-order valence-corrected chi connectivity index (χ3v) is 5.31. The quantitative estimate of drug-likeness (QED) is 0.688. The van der Waals surface area contributed by atoms with Crippen molar-refractivity contribution in [3.8, 4) is 0 Å². The molecule has 25 heavy (non-hydrogen) atoms. The second-order valence-corrected chi connectivity index (χ2v) is 6.92. The first-order valence-corrected chi connectivity index (χ1v) is 9.12. The smallest absolute Gasteiger partial charge is 0.219 e. The SMILES string of the molecule is COC[C@H]1O[C@H](OC2CCCCC2)[C@@H](N(C)C(C)=O)[C@@H](OC)[C@@H]1OC. The molecule has 0 unspecified atom stereocenters. The molecule has 7 nitrogen and oxygen atoms in total. The summed E-state index contributed by atoms with van der Waals surface area (Å²) in [5, 5.41) is 0. The number of likely N-dealkylation sites (N-methyl/N-ethyl adjacent to an activating group) is 1. The molecule has 0 aromatic heterocycles. The largest absolute Gasteiger partial charge is 0.382 e. The van der Waals surface area contributed by atoms with Gasteiger partial charge in [-0.15, -0.1) is 0 Å². The van der Waals surface area contributed by atoms with Gasteiger partial charge >= 0.3 is 0 Å². The molecule has 0 aromatic carbocycles. The van der Waals surface area contributed by atoms with Crippen molar-refractivity contribution in [1.29, 1.82) is 0 Å². The highest BCUT2D eigenvalue weighted by Gasteiger charge is 2.50. The summed E-state index contributed by atoms with van der Waals surface area (Å²) in [7, 11) is 6.63. The number of carbonyl (C=O) groups is 1. The summed E-state index contributed by atoms with van der Waals surface area (Å²) in [6, 6.07) is -0.373. The van der Waals surface area contributed by atoms with Crippen LogP contribution in [0.5, 0.6) is 0 Å². The molecule has 1 aliphatic heterocycles. The molecule has 0 radical (unpaired) electrons. The van der Waals surface area contributed by atoms with Crippen LogP contribution >= 0.6 is 0 Å². The standard InChI is InChI=1S/C18H33NO6/c1-12(20)19(2)15-17(23-5)16(22-4)14(11-21-3)25-18(15)24-13-9-7-6-8-10-13/h13-18H,6-11H2,1-5H3/t14-,15+,16-,17-,18+/m1/s1. The van der Waals surface area contributed by atoms with Crippen molar-refractivity contribution < 1.29 is 28.5 Å². The van der Waals surface area contributed by atoms with Gasteiger partial charge in [0.1, 0.15) is 24.4 Å². The third kappa shape index (κ3) is 4.92. The van der Waals surface area contributed by atoms with Crippen LogP contribution in [0.3, 0.4) is 0 Å². The van der Waals surface area contributed by atoms with Crippen LogP contribution in [0.2, 0.25) is 0 Å². The molecular weight excluding hydrogens is 326 g/mol. The number of amides is 1. The van der Waals surface area contributed by atoms with Crippen molar-refractivity contribution in [2.75, 3.05) is 35.0 Å². The molecule has 2 fully saturated rings. The van der Waals surface area contributed by atoms with E-state index in [1.54, 1.807) is 33.3 Å². The molecule has 0 aromatic rings. The van der Waals surface area contributed by atoms with Crippen molar-refractivity contribution >= 4 is 5.91 Å². The van der Waals surface area contributed by atoms with Gasteiger partial charge in [-0.2, -0.15) is 0 Å². The Morgan fingerprint density at radius 1 is 1.08 bits per heavy atom. The summed E-state index contributed by atoms with van der Waals surface area (Å²) in [6.07, 6.45) is 4.21. The topological polar surface area (TPSA) is 66.5 Å². The minimum absolute atomic E-state index is 0.0621. The maximum Gasteiger partial charge on any atom is 0.219 e. The Hall–Kier alpha value is -0.730. The van der Waals surface area contributed by atoms with E-state index in [1.165, 1.54) is 26.2 Å².